The lowest BCUT2D eigenvalue weighted by Crippen LogP contribution is -2.10. The number of nitrogens with zero attached hydrogens (tertiary/aromatic N) is 8. The average Bonchev–Trinajstić information content (AvgIpc) is 1.67. The van der Waals surface area contributed by atoms with Crippen LogP contribution in [-0.2, 0) is 0 Å². The van der Waals surface area contributed by atoms with Crippen molar-refractivity contribution in [3.63, 3.8) is 0 Å². The van der Waals surface area contributed by atoms with Crippen molar-refractivity contribution in [2.45, 2.75) is 0 Å². The minimum atomic E-state index is 0.570. The highest BCUT2D eigenvalue weighted by Crippen LogP contribution is 2.45. The summed E-state index contributed by atoms with van der Waals surface area (Å²) in [6.45, 7) is 0. The maximum atomic E-state index is 5.94. The molecule has 8 heteroatoms. The van der Waals surface area contributed by atoms with E-state index in [1.54, 1.807) is 0 Å². The van der Waals surface area contributed by atoms with Crippen LogP contribution in [0, 0.1) is 0 Å². The van der Waals surface area contributed by atoms with Crippen LogP contribution in [0.4, 0.5) is 51.2 Å². The summed E-state index contributed by atoms with van der Waals surface area (Å²) in [7, 11) is 0. The molecule has 13 aromatic carbocycles. The van der Waals surface area contributed by atoms with Crippen molar-refractivity contribution >= 4 is 128 Å². The van der Waals surface area contributed by atoms with Gasteiger partial charge < -0.3 is 19.3 Å². The first-order valence-corrected chi connectivity index (χ1v) is 29.8. The number of fused-ring (bicyclic) bond motifs is 10. The van der Waals surface area contributed by atoms with Crippen LogP contribution in [0.25, 0.3) is 93.8 Å². The van der Waals surface area contributed by atoms with Crippen molar-refractivity contribution in [1.29, 1.82) is 0 Å². The zero-order chi connectivity index (χ0) is 58.1. The molecule has 17 rings (SSSR count). The Hall–Kier alpha value is -12.0. The van der Waals surface area contributed by atoms with Gasteiger partial charge in [-0.1, -0.05) is 170 Å². The molecule has 0 N–H and O–H groups in total. The Bertz CT molecular complexity index is 5330. The number of benzene rings is 13. The maximum absolute atomic E-state index is 5.94. The van der Waals surface area contributed by atoms with Gasteiger partial charge in [0.25, 0.3) is 0 Å². The molecule has 8 nitrogen and oxygen atoms in total. The maximum Gasteiger partial charge on any atom is 0.237 e. The predicted octanol–water partition coefficient (Wildman–Crippen LogP) is 21.3. The molecule has 0 unspecified atom stereocenters. The van der Waals surface area contributed by atoms with Gasteiger partial charge >= 0.3 is 0 Å². The molecule has 4 aromatic heterocycles. The minimum Gasteiger partial charge on any atom is -0.310 e. The van der Waals surface area contributed by atoms with E-state index in [0.29, 0.717) is 5.95 Å². The summed E-state index contributed by atoms with van der Waals surface area (Å²) < 4.78 is 7.04. The van der Waals surface area contributed by atoms with Crippen LogP contribution in [0.2, 0.25) is 0 Å². The minimum absolute atomic E-state index is 0.570. The normalized spacial score (nSPS) is 11.6. The van der Waals surface area contributed by atoms with Gasteiger partial charge in [0.15, 0.2) is 5.82 Å². The topological polar surface area (TPSA) is 50.3 Å². The highest BCUT2D eigenvalue weighted by molar-refractivity contribution is 6.14. The second-order valence-corrected chi connectivity index (χ2v) is 22.2. The lowest BCUT2D eigenvalue weighted by atomic mass is 10.1. The number of hydrogen-bond donors (Lipinski definition) is 0. The predicted molar refractivity (Wildman–Crippen MR) is 367 cm³/mol. The second-order valence-electron chi connectivity index (χ2n) is 22.2. The molecule has 0 saturated carbocycles. The Morgan fingerprint density at radius 2 is 0.545 bits per heavy atom. The molecule has 0 aliphatic carbocycles. The van der Waals surface area contributed by atoms with E-state index in [1.807, 2.05) is 0 Å². The Kier molecular flexibility index (Phi) is 12.0. The van der Waals surface area contributed by atoms with E-state index in [4.69, 9.17) is 9.97 Å². The fraction of sp³-hybridized carbons (Fsp3) is 0. The quantitative estimate of drug-likeness (QED) is 0.122. The van der Waals surface area contributed by atoms with Gasteiger partial charge in [-0.15, -0.1) is 0 Å². The highest BCUT2D eigenvalue weighted by atomic mass is 15.2. The van der Waals surface area contributed by atoms with Gasteiger partial charge in [-0.25, -0.2) is 4.98 Å². The Morgan fingerprint density at radius 3 is 1.00 bits per heavy atom. The zero-order valence-corrected chi connectivity index (χ0v) is 47.8. The molecule has 0 amide bonds. The molecule has 0 spiro atoms. The van der Waals surface area contributed by atoms with E-state index in [0.717, 1.165) is 139 Å². The second kappa shape index (κ2) is 21.0. The Morgan fingerprint density at radius 1 is 0.205 bits per heavy atom. The van der Waals surface area contributed by atoms with Crippen LogP contribution in [0.1, 0.15) is 0 Å². The van der Waals surface area contributed by atoms with Crippen molar-refractivity contribution < 1.29 is 0 Å². The van der Waals surface area contributed by atoms with E-state index >= 15 is 0 Å². The van der Waals surface area contributed by atoms with E-state index in [1.165, 1.54) is 0 Å². The standard InChI is InChI=1S/C80H54N8/c1-7-25-55(26-8-1)83(56-27-9-2-10-28-56)61-45-49-76-69(51-61)66-38-20-22-40-73(66)86(76)63-44-48-72-71(53-63)79(87-74-41-23-19-37-65(74)68-47-43-64(54-78(68)87)85(59-33-15-5-16-34-59)60-35-17-6-18-36-60)82-80(81-72)88-75-42-24-21-39-67(75)70-52-62(46-50-77(70)88)84(57-29-11-3-12-30-57)58-31-13-4-14-32-58/h1-54H. The van der Waals surface area contributed by atoms with Crippen molar-refractivity contribution in [1.82, 2.24) is 23.7 Å². The van der Waals surface area contributed by atoms with Crippen molar-refractivity contribution in [2.75, 3.05) is 14.7 Å². The smallest absolute Gasteiger partial charge is 0.237 e. The summed E-state index contributed by atoms with van der Waals surface area (Å²) in [5.74, 6) is 1.34. The number of hydrogen-bond acceptors (Lipinski definition) is 5. The molecular formula is C80H54N8. The first kappa shape index (κ1) is 50.5. The summed E-state index contributed by atoms with van der Waals surface area (Å²) >= 11 is 0. The summed E-state index contributed by atoms with van der Waals surface area (Å²) in [6.07, 6.45) is 0. The largest absolute Gasteiger partial charge is 0.310 e. The number of anilines is 9. The van der Waals surface area contributed by atoms with Crippen molar-refractivity contribution in [3.05, 3.63) is 328 Å². The molecule has 0 fully saturated rings. The fourth-order valence-electron chi connectivity index (χ4n) is 13.3. The van der Waals surface area contributed by atoms with E-state index < -0.39 is 0 Å². The van der Waals surface area contributed by atoms with Gasteiger partial charge in [0, 0.05) is 94.6 Å². The van der Waals surface area contributed by atoms with E-state index in [2.05, 4.69) is 356 Å². The average molecular weight is 1130 g/mol. The monoisotopic (exact) mass is 1130 g/mol. The molecule has 0 aliphatic heterocycles. The van der Waals surface area contributed by atoms with Crippen LogP contribution in [0.5, 0.6) is 0 Å². The third-order valence-electron chi connectivity index (χ3n) is 17.1. The molecule has 88 heavy (non-hydrogen) atoms. The number of para-hydroxylation sites is 9. The van der Waals surface area contributed by atoms with Crippen molar-refractivity contribution in [2.24, 2.45) is 0 Å². The molecule has 0 atom stereocenters. The lowest BCUT2D eigenvalue weighted by molar-refractivity contribution is 0.972. The summed E-state index contributed by atoms with van der Waals surface area (Å²) in [5.41, 5.74) is 17.7. The molecule has 0 aliphatic rings. The Labute approximate surface area is 508 Å². The zero-order valence-electron chi connectivity index (χ0n) is 47.8. The third kappa shape index (κ3) is 8.37. The highest BCUT2D eigenvalue weighted by Gasteiger charge is 2.25. The SMILES string of the molecule is c1ccc(N(c2ccccc2)c2ccc3c(c2)c2ccccc2n3-c2ccc3nc(-n4c5ccccc5c5cc(N(c6ccccc6)c6ccccc6)ccc54)nc(-n4c5ccccc5c5ccc(N(c6ccccc6)c6ccccc6)cc54)c3c2)cc1. The summed E-state index contributed by atoms with van der Waals surface area (Å²) in [4.78, 5) is 18.6. The summed E-state index contributed by atoms with van der Waals surface area (Å²) in [6, 6.07) is 117. The molecule has 0 bridgehead atoms. The first-order valence-electron chi connectivity index (χ1n) is 29.8. The van der Waals surface area contributed by atoms with Gasteiger partial charge in [-0.2, -0.15) is 4.98 Å². The van der Waals surface area contributed by atoms with Gasteiger partial charge in [0.1, 0.15) is 0 Å². The van der Waals surface area contributed by atoms with Crippen LogP contribution >= 0.6 is 0 Å². The van der Waals surface area contributed by atoms with Crippen LogP contribution < -0.4 is 14.7 Å². The van der Waals surface area contributed by atoms with E-state index in [-0.39, 0.29) is 0 Å². The van der Waals surface area contributed by atoms with Gasteiger partial charge in [-0.05, 0) is 158 Å². The van der Waals surface area contributed by atoms with Gasteiger partial charge in [0.2, 0.25) is 5.95 Å². The lowest BCUT2D eigenvalue weighted by Gasteiger charge is -2.25. The van der Waals surface area contributed by atoms with Gasteiger partial charge in [0.05, 0.1) is 38.6 Å². The number of aromatic nitrogens is 5. The van der Waals surface area contributed by atoms with Crippen molar-refractivity contribution in [3.8, 4) is 17.5 Å². The third-order valence-corrected chi connectivity index (χ3v) is 17.1. The van der Waals surface area contributed by atoms with E-state index in [9.17, 15) is 0 Å². The molecule has 414 valence electrons. The molecule has 0 saturated heterocycles. The first-order chi connectivity index (χ1) is 43.7. The van der Waals surface area contributed by atoms with Crippen LogP contribution in [-0.4, -0.2) is 23.7 Å². The molecular weight excluding hydrogens is 1070 g/mol. The molecule has 17 aromatic rings. The number of rotatable bonds is 12. The Balaban J connectivity index is 0.921. The fourth-order valence-corrected chi connectivity index (χ4v) is 13.3. The van der Waals surface area contributed by atoms with Crippen LogP contribution in [0.3, 0.4) is 0 Å². The molecule has 0 radical (unpaired) electrons. The molecule has 4 heterocycles. The van der Waals surface area contributed by atoms with Crippen LogP contribution in [0.15, 0.2) is 328 Å². The summed E-state index contributed by atoms with van der Waals surface area (Å²) in [5, 5.41) is 7.67. The van der Waals surface area contributed by atoms with Gasteiger partial charge in [-0.3, -0.25) is 9.13 Å².